The highest BCUT2D eigenvalue weighted by atomic mass is 16.5. The van der Waals surface area contributed by atoms with Gasteiger partial charge in [0.05, 0.1) is 51.1 Å². The molecule has 182 valence electrons. The minimum Gasteiger partial charge on any atom is -0.493 e. The van der Waals surface area contributed by atoms with E-state index in [-0.39, 0.29) is 31.8 Å². The molecule has 0 spiro atoms. The Morgan fingerprint density at radius 1 is 1.09 bits per heavy atom. The zero-order valence-corrected chi connectivity index (χ0v) is 18.7. The SMILES string of the molecule is COc1cc(-n2cc(CCC(=O)N[C@@H]3C[C@H](CO)[C@@H](O)[C@H](O)[C@H]3O)nn2)cc(OC)c1OC. The van der Waals surface area contributed by atoms with E-state index in [4.69, 9.17) is 14.2 Å². The summed E-state index contributed by atoms with van der Waals surface area (Å²) in [5, 5.41) is 50.2. The van der Waals surface area contributed by atoms with Crippen LogP contribution in [0.15, 0.2) is 18.3 Å². The number of carbonyl (C=O) groups excluding carboxylic acids is 1. The van der Waals surface area contributed by atoms with E-state index in [1.165, 1.54) is 26.0 Å². The summed E-state index contributed by atoms with van der Waals surface area (Å²) in [5.74, 6) is 0.381. The van der Waals surface area contributed by atoms with Crippen LogP contribution in [0, 0.1) is 5.92 Å². The van der Waals surface area contributed by atoms with E-state index < -0.39 is 30.3 Å². The molecule has 12 nitrogen and oxygen atoms in total. The Bertz CT molecular complexity index is 925. The lowest BCUT2D eigenvalue weighted by molar-refractivity contribution is -0.140. The van der Waals surface area contributed by atoms with Crippen LogP contribution in [0.5, 0.6) is 17.2 Å². The summed E-state index contributed by atoms with van der Waals surface area (Å²) in [6.45, 7) is -0.360. The number of carbonyl (C=O) groups is 1. The van der Waals surface area contributed by atoms with Crippen LogP contribution in [-0.4, -0.2) is 93.6 Å². The number of aliphatic hydroxyl groups is 4. The summed E-state index contributed by atoms with van der Waals surface area (Å²) in [5.41, 5.74) is 1.19. The number of ether oxygens (including phenoxy) is 3. The van der Waals surface area contributed by atoms with Crippen molar-refractivity contribution in [2.45, 2.75) is 43.6 Å². The van der Waals surface area contributed by atoms with Crippen LogP contribution in [0.1, 0.15) is 18.5 Å². The topological polar surface area (TPSA) is 168 Å². The smallest absolute Gasteiger partial charge is 0.220 e. The fourth-order valence-corrected chi connectivity index (χ4v) is 3.91. The van der Waals surface area contributed by atoms with E-state index in [0.29, 0.717) is 28.6 Å². The Morgan fingerprint density at radius 2 is 1.76 bits per heavy atom. The van der Waals surface area contributed by atoms with Gasteiger partial charge in [-0.1, -0.05) is 5.21 Å². The second-order valence-electron chi connectivity index (χ2n) is 7.86. The zero-order chi connectivity index (χ0) is 24.1. The van der Waals surface area contributed by atoms with Crippen LogP contribution in [0.2, 0.25) is 0 Å². The van der Waals surface area contributed by atoms with Gasteiger partial charge in [0.1, 0.15) is 12.2 Å². The highest BCUT2D eigenvalue weighted by molar-refractivity contribution is 5.76. The molecule has 1 heterocycles. The fourth-order valence-electron chi connectivity index (χ4n) is 3.91. The molecule has 3 rings (SSSR count). The highest BCUT2D eigenvalue weighted by Gasteiger charge is 2.42. The maximum Gasteiger partial charge on any atom is 0.220 e. The van der Waals surface area contributed by atoms with E-state index in [1.54, 1.807) is 18.3 Å². The van der Waals surface area contributed by atoms with E-state index in [9.17, 15) is 25.2 Å². The third kappa shape index (κ3) is 5.36. The van der Waals surface area contributed by atoms with Crippen LogP contribution < -0.4 is 19.5 Å². The van der Waals surface area contributed by atoms with E-state index >= 15 is 0 Å². The van der Waals surface area contributed by atoms with Crippen LogP contribution >= 0.6 is 0 Å². The Morgan fingerprint density at radius 3 is 2.33 bits per heavy atom. The summed E-state index contributed by atoms with van der Waals surface area (Å²) in [6.07, 6.45) is -1.84. The number of amides is 1. The van der Waals surface area contributed by atoms with E-state index in [2.05, 4.69) is 15.6 Å². The van der Waals surface area contributed by atoms with Crippen molar-refractivity contribution in [3.63, 3.8) is 0 Å². The van der Waals surface area contributed by atoms with Crippen molar-refractivity contribution in [1.29, 1.82) is 0 Å². The zero-order valence-electron chi connectivity index (χ0n) is 18.7. The summed E-state index contributed by atoms with van der Waals surface area (Å²) >= 11 is 0. The molecule has 12 heteroatoms. The van der Waals surface area contributed by atoms with Gasteiger partial charge >= 0.3 is 0 Å². The Kier molecular flexibility index (Phi) is 8.08. The van der Waals surface area contributed by atoms with Gasteiger partial charge in [-0.3, -0.25) is 4.79 Å². The summed E-state index contributed by atoms with van der Waals surface area (Å²) in [6, 6.07) is 2.66. The predicted molar refractivity (Wildman–Crippen MR) is 114 cm³/mol. The second-order valence-corrected chi connectivity index (χ2v) is 7.86. The molecule has 1 saturated carbocycles. The monoisotopic (exact) mass is 466 g/mol. The maximum absolute atomic E-state index is 12.4. The first-order valence-corrected chi connectivity index (χ1v) is 10.5. The van der Waals surface area contributed by atoms with Gasteiger partial charge < -0.3 is 40.0 Å². The molecule has 0 saturated heterocycles. The number of benzene rings is 1. The van der Waals surface area contributed by atoms with Crippen LogP contribution in [-0.2, 0) is 11.2 Å². The van der Waals surface area contributed by atoms with Gasteiger partial charge in [0.25, 0.3) is 0 Å². The third-order valence-electron chi connectivity index (χ3n) is 5.80. The first kappa shape index (κ1) is 24.7. The molecule has 5 N–H and O–H groups in total. The lowest BCUT2D eigenvalue weighted by atomic mass is 9.80. The Hall–Kier alpha value is -2.93. The predicted octanol–water partition coefficient (Wildman–Crippen LogP) is -1.19. The summed E-state index contributed by atoms with van der Waals surface area (Å²) in [7, 11) is 4.54. The average molecular weight is 466 g/mol. The summed E-state index contributed by atoms with van der Waals surface area (Å²) in [4.78, 5) is 12.4. The van der Waals surface area contributed by atoms with Crippen LogP contribution in [0.25, 0.3) is 5.69 Å². The van der Waals surface area contributed by atoms with Crippen molar-refractivity contribution in [2.75, 3.05) is 27.9 Å². The quantitative estimate of drug-likeness (QED) is 0.303. The fraction of sp³-hybridized carbons (Fsp3) is 0.571. The van der Waals surface area contributed by atoms with Gasteiger partial charge in [0.2, 0.25) is 11.7 Å². The molecule has 1 fully saturated rings. The van der Waals surface area contributed by atoms with Crippen molar-refractivity contribution < 1.29 is 39.4 Å². The molecule has 1 aromatic heterocycles. The van der Waals surface area contributed by atoms with E-state index in [0.717, 1.165) is 0 Å². The molecule has 1 amide bonds. The number of nitrogens with one attached hydrogen (secondary N) is 1. The van der Waals surface area contributed by atoms with Gasteiger partial charge in [0, 0.05) is 37.5 Å². The van der Waals surface area contributed by atoms with Crippen molar-refractivity contribution in [3.05, 3.63) is 24.0 Å². The molecule has 2 aromatic rings. The van der Waals surface area contributed by atoms with Gasteiger partial charge in [-0.15, -0.1) is 5.10 Å². The van der Waals surface area contributed by atoms with Crippen LogP contribution in [0.4, 0.5) is 0 Å². The third-order valence-corrected chi connectivity index (χ3v) is 5.80. The molecule has 0 unspecified atom stereocenters. The van der Waals surface area contributed by atoms with Gasteiger partial charge in [0.15, 0.2) is 11.5 Å². The lowest BCUT2D eigenvalue weighted by Crippen LogP contribution is -2.59. The summed E-state index contributed by atoms with van der Waals surface area (Å²) < 4.78 is 17.5. The molecule has 1 aliphatic rings. The van der Waals surface area contributed by atoms with Gasteiger partial charge in [-0.05, 0) is 6.42 Å². The largest absolute Gasteiger partial charge is 0.493 e. The maximum atomic E-state index is 12.4. The Labute approximate surface area is 190 Å². The van der Waals surface area contributed by atoms with Crippen molar-refractivity contribution in [2.24, 2.45) is 5.92 Å². The average Bonchev–Trinajstić information content (AvgIpc) is 3.31. The van der Waals surface area contributed by atoms with Gasteiger partial charge in [-0.2, -0.15) is 0 Å². The van der Waals surface area contributed by atoms with Crippen molar-refractivity contribution >= 4 is 5.91 Å². The number of nitrogens with zero attached hydrogens (tertiary/aromatic N) is 3. The first-order chi connectivity index (χ1) is 15.8. The molecular weight excluding hydrogens is 436 g/mol. The molecule has 0 radical (unpaired) electrons. The molecule has 0 aliphatic heterocycles. The number of hydrogen-bond donors (Lipinski definition) is 5. The minimum absolute atomic E-state index is 0.0691. The normalized spacial score (nSPS) is 24.9. The molecule has 1 aromatic carbocycles. The minimum atomic E-state index is -1.44. The number of aromatic nitrogens is 3. The number of rotatable bonds is 9. The highest BCUT2D eigenvalue weighted by Crippen LogP contribution is 2.39. The molecule has 5 atom stereocenters. The van der Waals surface area contributed by atoms with Crippen molar-refractivity contribution in [3.8, 4) is 22.9 Å². The molecule has 1 aliphatic carbocycles. The first-order valence-electron chi connectivity index (χ1n) is 10.5. The number of aliphatic hydroxyl groups excluding tert-OH is 4. The molecule has 0 bridgehead atoms. The number of methoxy groups -OCH3 is 3. The number of hydrogen-bond acceptors (Lipinski definition) is 10. The van der Waals surface area contributed by atoms with E-state index in [1.807, 2.05) is 0 Å². The molecule has 33 heavy (non-hydrogen) atoms. The van der Waals surface area contributed by atoms with Crippen LogP contribution in [0.3, 0.4) is 0 Å². The Balaban J connectivity index is 1.63. The van der Waals surface area contributed by atoms with Gasteiger partial charge in [-0.25, -0.2) is 4.68 Å². The standard InChI is InChI=1S/C21H30N4O8/c1-31-15-7-13(8-16(32-2)21(15)33-3)25-9-12(23-24-25)4-5-17(27)22-14-6-11(10-26)18(28)20(30)19(14)29/h7-9,11,14,18-20,26,28-30H,4-6,10H2,1-3H3,(H,22,27)/t11-,14-,18-,19+,20+/m1/s1. The molecular formula is C21H30N4O8. The second kappa shape index (κ2) is 10.8. The van der Waals surface area contributed by atoms with Crippen molar-refractivity contribution in [1.82, 2.24) is 20.3 Å². The lowest BCUT2D eigenvalue weighted by Gasteiger charge is -2.40. The number of aryl methyl sites for hydroxylation is 1.